The van der Waals surface area contributed by atoms with Gasteiger partial charge in [-0.1, -0.05) is 5.21 Å². The zero-order chi connectivity index (χ0) is 12.2. The zero-order valence-corrected chi connectivity index (χ0v) is 9.77. The predicted octanol–water partition coefficient (Wildman–Crippen LogP) is -1.15. The third-order valence-corrected chi connectivity index (χ3v) is 2.83. The summed E-state index contributed by atoms with van der Waals surface area (Å²) in [5, 5.41) is 7.34. The fourth-order valence-corrected chi connectivity index (χ4v) is 1.63. The second kappa shape index (κ2) is 5.17. The molecule has 0 unspecified atom stereocenters. The van der Waals surface area contributed by atoms with Crippen LogP contribution >= 0.6 is 0 Å². The molecule has 1 aromatic heterocycles. The first-order chi connectivity index (χ1) is 7.42. The fraction of sp³-hybridized carbons (Fsp3) is 0.625. The summed E-state index contributed by atoms with van der Waals surface area (Å²) in [6, 6.07) is 0. The first-order valence-corrected chi connectivity index (χ1v) is 6.79. The molecule has 0 saturated carbocycles. The van der Waals surface area contributed by atoms with Crippen LogP contribution in [-0.2, 0) is 16.4 Å². The molecule has 16 heavy (non-hydrogen) atoms. The van der Waals surface area contributed by atoms with Crippen molar-refractivity contribution in [1.29, 1.82) is 0 Å². The highest BCUT2D eigenvalue weighted by molar-refractivity contribution is 7.90. The van der Waals surface area contributed by atoms with E-state index in [9.17, 15) is 13.2 Å². The monoisotopic (exact) mass is 246 g/mol. The summed E-state index contributed by atoms with van der Waals surface area (Å²) in [5.74, 6) is -0.496. The zero-order valence-electron chi connectivity index (χ0n) is 8.96. The maximum Gasteiger partial charge on any atom is 0.185 e. The van der Waals surface area contributed by atoms with Crippen molar-refractivity contribution in [2.75, 3.05) is 18.6 Å². The number of nitrogens with two attached hydrogens (primary N) is 1. The standard InChI is InChI=1S/C8H14N4O3S/c1-16(14,15)5-2-8(13)7-6-12(4-3-9)11-10-7/h6H,2-5,9H2,1H3. The van der Waals surface area contributed by atoms with Crippen LogP contribution in [0.5, 0.6) is 0 Å². The molecule has 0 radical (unpaired) electrons. The van der Waals surface area contributed by atoms with Crippen LogP contribution in [0.15, 0.2) is 6.20 Å². The number of hydrogen-bond donors (Lipinski definition) is 1. The fourth-order valence-electron chi connectivity index (χ4n) is 1.07. The Morgan fingerprint density at radius 3 is 2.81 bits per heavy atom. The molecular weight excluding hydrogens is 232 g/mol. The lowest BCUT2D eigenvalue weighted by Crippen LogP contribution is -2.10. The van der Waals surface area contributed by atoms with Crippen molar-refractivity contribution in [2.24, 2.45) is 5.73 Å². The molecule has 2 N–H and O–H groups in total. The van der Waals surface area contributed by atoms with Gasteiger partial charge in [0.15, 0.2) is 5.78 Å². The molecule has 0 amide bonds. The lowest BCUT2D eigenvalue weighted by atomic mass is 10.2. The van der Waals surface area contributed by atoms with Gasteiger partial charge >= 0.3 is 0 Å². The van der Waals surface area contributed by atoms with E-state index < -0.39 is 9.84 Å². The minimum absolute atomic E-state index is 0.0693. The molecule has 8 heteroatoms. The Labute approximate surface area is 93.5 Å². The quantitative estimate of drug-likeness (QED) is 0.635. The van der Waals surface area contributed by atoms with E-state index in [1.165, 1.54) is 10.9 Å². The minimum atomic E-state index is -3.13. The van der Waals surface area contributed by atoms with Crippen molar-refractivity contribution in [3.63, 3.8) is 0 Å². The van der Waals surface area contributed by atoms with Crippen LogP contribution in [0, 0.1) is 0 Å². The lowest BCUT2D eigenvalue weighted by molar-refractivity contribution is 0.0984. The van der Waals surface area contributed by atoms with Gasteiger partial charge in [0.05, 0.1) is 18.5 Å². The van der Waals surface area contributed by atoms with Crippen LogP contribution in [0.3, 0.4) is 0 Å². The topological polar surface area (TPSA) is 108 Å². The number of carbonyl (C=O) groups is 1. The van der Waals surface area contributed by atoms with E-state index >= 15 is 0 Å². The first-order valence-electron chi connectivity index (χ1n) is 4.73. The second-order valence-electron chi connectivity index (χ2n) is 3.46. The van der Waals surface area contributed by atoms with Gasteiger partial charge in [-0.2, -0.15) is 0 Å². The number of carbonyl (C=O) groups excluding carboxylic acids is 1. The average Bonchev–Trinajstić information content (AvgIpc) is 2.62. The van der Waals surface area contributed by atoms with Crippen LogP contribution in [0.4, 0.5) is 0 Å². The number of aromatic nitrogens is 3. The maximum absolute atomic E-state index is 11.5. The lowest BCUT2D eigenvalue weighted by Gasteiger charge is -1.95. The Morgan fingerprint density at radius 2 is 2.25 bits per heavy atom. The second-order valence-corrected chi connectivity index (χ2v) is 5.72. The van der Waals surface area contributed by atoms with Gasteiger partial charge in [0.2, 0.25) is 0 Å². The summed E-state index contributed by atoms with van der Waals surface area (Å²) >= 11 is 0. The highest BCUT2D eigenvalue weighted by Crippen LogP contribution is 2.00. The van der Waals surface area contributed by atoms with Crippen molar-refractivity contribution in [2.45, 2.75) is 13.0 Å². The van der Waals surface area contributed by atoms with Crippen molar-refractivity contribution in [1.82, 2.24) is 15.0 Å². The molecule has 0 aliphatic rings. The number of ketones is 1. The summed E-state index contributed by atoms with van der Waals surface area (Å²) in [6.07, 6.45) is 2.49. The molecular formula is C8H14N4O3S. The number of nitrogens with zero attached hydrogens (tertiary/aromatic N) is 3. The van der Waals surface area contributed by atoms with Gasteiger partial charge in [-0.05, 0) is 0 Å². The molecule has 0 fully saturated rings. The van der Waals surface area contributed by atoms with Gasteiger partial charge < -0.3 is 5.73 Å². The molecule has 90 valence electrons. The van der Waals surface area contributed by atoms with Gasteiger partial charge in [0.1, 0.15) is 15.5 Å². The molecule has 0 aliphatic carbocycles. The molecule has 0 saturated heterocycles. The van der Waals surface area contributed by atoms with E-state index in [-0.39, 0.29) is 23.7 Å². The third-order valence-electron chi connectivity index (χ3n) is 1.88. The first kappa shape index (κ1) is 12.8. The van der Waals surface area contributed by atoms with Crippen LogP contribution < -0.4 is 5.73 Å². The normalized spacial score (nSPS) is 11.6. The van der Waals surface area contributed by atoms with Crippen molar-refractivity contribution >= 4 is 15.6 Å². The van der Waals surface area contributed by atoms with Gasteiger partial charge in [-0.3, -0.25) is 9.48 Å². The highest BCUT2D eigenvalue weighted by atomic mass is 32.2. The van der Waals surface area contributed by atoms with Crippen LogP contribution in [0.25, 0.3) is 0 Å². The van der Waals surface area contributed by atoms with E-state index in [2.05, 4.69) is 10.3 Å². The Hall–Kier alpha value is -1.28. The molecule has 1 rings (SSSR count). The van der Waals surface area contributed by atoms with E-state index in [0.29, 0.717) is 13.1 Å². The van der Waals surface area contributed by atoms with Crippen LogP contribution in [0.2, 0.25) is 0 Å². The van der Waals surface area contributed by atoms with E-state index in [1.807, 2.05) is 0 Å². The largest absolute Gasteiger partial charge is 0.329 e. The Bertz CT molecular complexity index is 465. The highest BCUT2D eigenvalue weighted by Gasteiger charge is 2.13. The smallest absolute Gasteiger partial charge is 0.185 e. The number of hydrogen-bond acceptors (Lipinski definition) is 6. The third kappa shape index (κ3) is 4.07. The van der Waals surface area contributed by atoms with E-state index in [4.69, 9.17) is 5.73 Å². The predicted molar refractivity (Wildman–Crippen MR) is 57.7 cm³/mol. The van der Waals surface area contributed by atoms with Crippen molar-refractivity contribution in [3.8, 4) is 0 Å². The van der Waals surface area contributed by atoms with E-state index in [0.717, 1.165) is 6.26 Å². The van der Waals surface area contributed by atoms with Gasteiger partial charge in [-0.25, -0.2) is 8.42 Å². The van der Waals surface area contributed by atoms with Gasteiger partial charge in [0.25, 0.3) is 0 Å². The van der Waals surface area contributed by atoms with Crippen LogP contribution in [0.1, 0.15) is 16.9 Å². The average molecular weight is 246 g/mol. The summed E-state index contributed by atoms with van der Waals surface area (Å²) in [7, 11) is -3.13. The number of Topliss-reactive ketones (excluding diaryl/α,β-unsaturated/α-hetero) is 1. The number of rotatable bonds is 6. The van der Waals surface area contributed by atoms with Gasteiger partial charge in [0, 0.05) is 19.2 Å². The molecule has 0 aromatic carbocycles. The van der Waals surface area contributed by atoms with Crippen molar-refractivity contribution in [3.05, 3.63) is 11.9 Å². The molecule has 7 nitrogen and oxygen atoms in total. The summed E-state index contributed by atoms with van der Waals surface area (Å²) < 4.78 is 23.2. The maximum atomic E-state index is 11.5. The molecule has 1 aromatic rings. The SMILES string of the molecule is CS(=O)(=O)CCC(=O)c1cn(CCN)nn1. The summed E-state index contributed by atoms with van der Waals surface area (Å²) in [4.78, 5) is 11.5. The summed E-state index contributed by atoms with van der Waals surface area (Å²) in [5.41, 5.74) is 5.49. The van der Waals surface area contributed by atoms with Crippen molar-refractivity contribution < 1.29 is 13.2 Å². The van der Waals surface area contributed by atoms with Crippen LogP contribution in [-0.4, -0.2) is 47.7 Å². The molecule has 0 bridgehead atoms. The molecule has 0 atom stereocenters. The van der Waals surface area contributed by atoms with E-state index in [1.54, 1.807) is 0 Å². The Balaban J connectivity index is 2.59. The molecule has 0 spiro atoms. The Kier molecular flexibility index (Phi) is 4.13. The number of sulfone groups is 1. The summed E-state index contributed by atoms with van der Waals surface area (Å²) in [6.45, 7) is 0.882. The molecule has 0 aliphatic heterocycles. The van der Waals surface area contributed by atoms with Gasteiger partial charge in [-0.15, -0.1) is 5.10 Å². The Morgan fingerprint density at radius 1 is 1.56 bits per heavy atom. The minimum Gasteiger partial charge on any atom is -0.329 e. The molecule has 1 heterocycles.